The Kier molecular flexibility index (Phi) is 3.11. The minimum Gasteiger partial charge on any atom is -0.392 e. The number of thioether (sulfide) groups is 1. The summed E-state index contributed by atoms with van der Waals surface area (Å²) in [5, 5.41) is 17.9. The number of rotatable bonds is 3. The Morgan fingerprint density at radius 3 is 2.67 bits per heavy atom. The summed E-state index contributed by atoms with van der Waals surface area (Å²) in [7, 11) is 1.89. The van der Waals surface area contributed by atoms with Crippen molar-refractivity contribution < 1.29 is 5.11 Å². The van der Waals surface area contributed by atoms with E-state index in [-0.39, 0.29) is 11.4 Å². The number of hydrogen-bond donors (Lipinski definition) is 1. The molecule has 4 nitrogen and oxygen atoms in total. The summed E-state index contributed by atoms with van der Waals surface area (Å²) < 4.78 is 1.84. The molecule has 1 aromatic heterocycles. The highest BCUT2D eigenvalue weighted by Crippen LogP contribution is 2.21. The summed E-state index contributed by atoms with van der Waals surface area (Å²) in [6.45, 7) is 3.73. The van der Waals surface area contributed by atoms with Crippen LogP contribution in [0.15, 0.2) is 11.5 Å². The lowest BCUT2D eigenvalue weighted by Gasteiger charge is -2.12. The lowest BCUT2D eigenvalue weighted by molar-refractivity contribution is 0.196. The van der Waals surface area contributed by atoms with Crippen LogP contribution in [-0.2, 0) is 7.05 Å². The number of aryl methyl sites for hydroxylation is 1. The molecule has 5 heteroatoms. The van der Waals surface area contributed by atoms with Crippen molar-refractivity contribution in [2.45, 2.75) is 30.4 Å². The third-order valence-electron chi connectivity index (χ3n) is 1.64. The maximum atomic E-state index is 9.23. The van der Waals surface area contributed by atoms with Crippen LogP contribution < -0.4 is 0 Å². The zero-order valence-corrected chi connectivity index (χ0v) is 8.25. The van der Waals surface area contributed by atoms with Crippen molar-refractivity contribution >= 4 is 11.8 Å². The summed E-state index contributed by atoms with van der Waals surface area (Å²) >= 11 is 1.52. The van der Waals surface area contributed by atoms with Crippen LogP contribution in [0.2, 0.25) is 0 Å². The minimum absolute atomic E-state index is 0.146. The van der Waals surface area contributed by atoms with Gasteiger partial charge in [0.2, 0.25) is 0 Å². The molecule has 0 fully saturated rings. The van der Waals surface area contributed by atoms with Gasteiger partial charge in [-0.25, -0.2) is 0 Å². The molecule has 0 saturated heterocycles. The molecule has 0 aromatic carbocycles. The predicted octanol–water partition coefficient (Wildman–Crippen LogP) is 0.676. The van der Waals surface area contributed by atoms with Gasteiger partial charge in [-0.15, -0.1) is 10.2 Å². The fourth-order valence-electron chi connectivity index (χ4n) is 0.644. The fourth-order valence-corrected chi connectivity index (χ4v) is 1.48. The van der Waals surface area contributed by atoms with Gasteiger partial charge in [0, 0.05) is 12.3 Å². The van der Waals surface area contributed by atoms with Crippen molar-refractivity contribution in [3.05, 3.63) is 6.33 Å². The highest BCUT2D eigenvalue weighted by molar-refractivity contribution is 7.99. The van der Waals surface area contributed by atoms with E-state index in [1.807, 2.05) is 18.5 Å². The SMILES string of the molecule is CC(O)C(C)Sc1nncn1C. The van der Waals surface area contributed by atoms with Crippen molar-refractivity contribution in [3.63, 3.8) is 0 Å². The van der Waals surface area contributed by atoms with Gasteiger partial charge >= 0.3 is 0 Å². The Morgan fingerprint density at radius 1 is 1.58 bits per heavy atom. The van der Waals surface area contributed by atoms with E-state index in [0.29, 0.717) is 0 Å². The second-order valence-corrected chi connectivity index (χ2v) is 4.13. The van der Waals surface area contributed by atoms with Crippen LogP contribution in [0.1, 0.15) is 13.8 Å². The Morgan fingerprint density at radius 2 is 2.25 bits per heavy atom. The van der Waals surface area contributed by atoms with Crippen LogP contribution in [0, 0.1) is 0 Å². The van der Waals surface area contributed by atoms with Crippen molar-refractivity contribution in [3.8, 4) is 0 Å². The van der Waals surface area contributed by atoms with E-state index in [1.165, 1.54) is 11.8 Å². The molecular formula is C7H13N3OS. The number of hydrogen-bond acceptors (Lipinski definition) is 4. The second-order valence-electron chi connectivity index (χ2n) is 2.79. The standard InChI is InChI=1S/C7H13N3OS/c1-5(11)6(2)12-7-9-8-4-10(7)3/h4-6,11H,1-3H3. The minimum atomic E-state index is -0.327. The molecule has 0 aliphatic carbocycles. The zero-order chi connectivity index (χ0) is 9.14. The molecule has 68 valence electrons. The predicted molar refractivity (Wildman–Crippen MR) is 48.0 cm³/mol. The van der Waals surface area contributed by atoms with E-state index in [9.17, 15) is 5.11 Å². The summed E-state index contributed by atoms with van der Waals surface area (Å²) in [6.07, 6.45) is 1.32. The topological polar surface area (TPSA) is 50.9 Å². The molecule has 2 unspecified atom stereocenters. The van der Waals surface area contributed by atoms with E-state index in [2.05, 4.69) is 10.2 Å². The molecular weight excluding hydrogens is 174 g/mol. The smallest absolute Gasteiger partial charge is 0.191 e. The third-order valence-corrected chi connectivity index (χ3v) is 2.99. The van der Waals surface area contributed by atoms with Crippen molar-refractivity contribution in [2.24, 2.45) is 7.05 Å². The molecule has 1 aromatic rings. The van der Waals surface area contributed by atoms with E-state index in [1.54, 1.807) is 13.3 Å². The molecule has 0 aliphatic heterocycles. The second kappa shape index (κ2) is 3.91. The lowest BCUT2D eigenvalue weighted by atomic mass is 10.3. The van der Waals surface area contributed by atoms with Gasteiger partial charge < -0.3 is 9.67 Å². The third kappa shape index (κ3) is 2.22. The van der Waals surface area contributed by atoms with Crippen molar-refractivity contribution in [1.82, 2.24) is 14.8 Å². The normalized spacial score (nSPS) is 16.0. The van der Waals surface area contributed by atoms with Crippen molar-refractivity contribution in [2.75, 3.05) is 0 Å². The number of aromatic nitrogens is 3. The molecule has 12 heavy (non-hydrogen) atoms. The molecule has 1 rings (SSSR count). The first-order valence-electron chi connectivity index (χ1n) is 3.80. The summed E-state index contributed by atoms with van der Waals surface area (Å²) in [6, 6.07) is 0. The van der Waals surface area contributed by atoms with Crippen LogP contribution in [0.4, 0.5) is 0 Å². The van der Waals surface area contributed by atoms with Crippen LogP contribution in [0.25, 0.3) is 0 Å². The van der Waals surface area contributed by atoms with Gasteiger partial charge in [-0.1, -0.05) is 18.7 Å². The maximum absolute atomic E-state index is 9.23. The quantitative estimate of drug-likeness (QED) is 0.707. The molecule has 0 bridgehead atoms. The van der Waals surface area contributed by atoms with Gasteiger partial charge in [0.05, 0.1) is 6.10 Å². The van der Waals surface area contributed by atoms with E-state index >= 15 is 0 Å². The van der Waals surface area contributed by atoms with E-state index in [4.69, 9.17) is 0 Å². The average Bonchev–Trinajstić information content (AvgIpc) is 2.36. The molecule has 0 aliphatic rings. The fraction of sp³-hybridized carbons (Fsp3) is 0.714. The molecule has 0 radical (unpaired) electrons. The monoisotopic (exact) mass is 187 g/mol. The number of aliphatic hydroxyl groups is 1. The Balaban J connectivity index is 2.58. The number of nitrogens with zero attached hydrogens (tertiary/aromatic N) is 3. The Labute approximate surface area is 76.0 Å². The van der Waals surface area contributed by atoms with E-state index < -0.39 is 0 Å². The molecule has 2 atom stereocenters. The molecule has 0 saturated carbocycles. The van der Waals surface area contributed by atoms with Crippen molar-refractivity contribution in [1.29, 1.82) is 0 Å². The van der Waals surface area contributed by atoms with Gasteiger partial charge in [0.25, 0.3) is 0 Å². The largest absolute Gasteiger partial charge is 0.392 e. The van der Waals surface area contributed by atoms with Crippen LogP contribution in [0.5, 0.6) is 0 Å². The average molecular weight is 187 g/mol. The Hall–Kier alpha value is -0.550. The van der Waals surface area contributed by atoms with Gasteiger partial charge in [-0.3, -0.25) is 0 Å². The molecule has 1 heterocycles. The van der Waals surface area contributed by atoms with Gasteiger partial charge in [0.1, 0.15) is 6.33 Å². The maximum Gasteiger partial charge on any atom is 0.191 e. The summed E-state index contributed by atoms with van der Waals surface area (Å²) in [5.74, 6) is 0. The first kappa shape index (κ1) is 9.54. The highest BCUT2D eigenvalue weighted by Gasteiger charge is 2.13. The zero-order valence-electron chi connectivity index (χ0n) is 7.43. The summed E-state index contributed by atoms with van der Waals surface area (Å²) in [4.78, 5) is 0. The molecule has 0 amide bonds. The molecule has 0 spiro atoms. The van der Waals surface area contributed by atoms with Gasteiger partial charge in [-0.2, -0.15) is 0 Å². The first-order chi connectivity index (χ1) is 5.61. The van der Waals surface area contributed by atoms with Crippen LogP contribution in [-0.4, -0.2) is 31.2 Å². The van der Waals surface area contributed by atoms with Gasteiger partial charge in [0.15, 0.2) is 5.16 Å². The highest BCUT2D eigenvalue weighted by atomic mass is 32.2. The lowest BCUT2D eigenvalue weighted by Crippen LogP contribution is -2.15. The Bertz CT molecular complexity index is 249. The first-order valence-corrected chi connectivity index (χ1v) is 4.68. The molecule has 1 N–H and O–H groups in total. The van der Waals surface area contributed by atoms with E-state index in [0.717, 1.165) is 5.16 Å². The summed E-state index contributed by atoms with van der Waals surface area (Å²) in [5.41, 5.74) is 0. The van der Waals surface area contributed by atoms with Crippen LogP contribution in [0.3, 0.4) is 0 Å². The van der Waals surface area contributed by atoms with Crippen LogP contribution >= 0.6 is 11.8 Å². The number of aliphatic hydroxyl groups excluding tert-OH is 1. The van der Waals surface area contributed by atoms with Gasteiger partial charge in [-0.05, 0) is 6.92 Å².